The van der Waals surface area contributed by atoms with Gasteiger partial charge in [-0.2, -0.15) is 0 Å². The summed E-state index contributed by atoms with van der Waals surface area (Å²) in [7, 11) is 0. The number of aliphatic hydroxyl groups is 1. The Labute approximate surface area is 69.2 Å². The lowest BCUT2D eigenvalue weighted by Gasteiger charge is -2.37. The molecule has 1 aliphatic heterocycles. The van der Waals surface area contributed by atoms with Gasteiger partial charge in [0.2, 0.25) is 0 Å². The van der Waals surface area contributed by atoms with Crippen LogP contribution < -0.4 is 0 Å². The molecule has 0 saturated carbocycles. The summed E-state index contributed by atoms with van der Waals surface area (Å²) in [5.41, 5.74) is 0. The Balaban J connectivity index is 1.89. The van der Waals surface area contributed by atoms with Crippen LogP contribution in [0.5, 0.6) is 0 Å². The van der Waals surface area contributed by atoms with Crippen molar-refractivity contribution in [1.82, 2.24) is 4.90 Å². The minimum atomic E-state index is -0.117. The van der Waals surface area contributed by atoms with Gasteiger partial charge in [-0.25, -0.2) is 0 Å². The Morgan fingerprint density at radius 2 is 2.18 bits per heavy atom. The molecule has 11 heavy (non-hydrogen) atoms. The minimum absolute atomic E-state index is 0.117. The monoisotopic (exact) mass is 157 g/mol. The summed E-state index contributed by atoms with van der Waals surface area (Å²) in [6, 6.07) is 0. The van der Waals surface area contributed by atoms with E-state index >= 15 is 0 Å². The van der Waals surface area contributed by atoms with Gasteiger partial charge in [0.25, 0.3) is 0 Å². The van der Waals surface area contributed by atoms with Gasteiger partial charge in [-0.15, -0.1) is 0 Å². The topological polar surface area (TPSA) is 23.5 Å². The van der Waals surface area contributed by atoms with Crippen molar-refractivity contribution in [3.63, 3.8) is 0 Å². The molecule has 1 atom stereocenters. The van der Waals surface area contributed by atoms with E-state index in [-0.39, 0.29) is 6.10 Å². The van der Waals surface area contributed by atoms with Gasteiger partial charge in [-0.1, -0.05) is 6.92 Å². The number of hydrogen-bond donors (Lipinski definition) is 1. The molecule has 1 unspecified atom stereocenters. The van der Waals surface area contributed by atoms with Gasteiger partial charge in [0.1, 0.15) is 0 Å². The van der Waals surface area contributed by atoms with E-state index in [1.165, 1.54) is 19.6 Å². The highest BCUT2D eigenvalue weighted by atomic mass is 16.3. The van der Waals surface area contributed by atoms with E-state index in [9.17, 15) is 0 Å². The molecule has 1 N–H and O–H groups in total. The van der Waals surface area contributed by atoms with Crippen molar-refractivity contribution in [2.75, 3.05) is 19.6 Å². The quantitative estimate of drug-likeness (QED) is 0.660. The SMILES string of the molecule is CC(O)CCCN1CC(C)C1. The zero-order chi connectivity index (χ0) is 8.27. The third-order valence-electron chi connectivity index (χ3n) is 2.24. The van der Waals surface area contributed by atoms with Crippen molar-refractivity contribution in [3.05, 3.63) is 0 Å². The van der Waals surface area contributed by atoms with Crippen molar-refractivity contribution in [1.29, 1.82) is 0 Å². The van der Waals surface area contributed by atoms with Crippen LogP contribution in [0.4, 0.5) is 0 Å². The molecule has 0 aromatic rings. The molecule has 1 rings (SSSR count). The van der Waals surface area contributed by atoms with Gasteiger partial charge < -0.3 is 10.0 Å². The molecular formula is C9H19NO. The zero-order valence-electron chi connectivity index (χ0n) is 7.58. The predicted octanol–water partition coefficient (Wildman–Crippen LogP) is 1.10. The minimum Gasteiger partial charge on any atom is -0.393 e. The number of rotatable bonds is 4. The van der Waals surface area contributed by atoms with E-state index in [0.29, 0.717) is 0 Å². The Morgan fingerprint density at radius 3 is 2.64 bits per heavy atom. The largest absolute Gasteiger partial charge is 0.393 e. The maximum Gasteiger partial charge on any atom is 0.0512 e. The first-order valence-electron chi connectivity index (χ1n) is 4.59. The maximum atomic E-state index is 8.99. The molecule has 2 nitrogen and oxygen atoms in total. The van der Waals surface area contributed by atoms with Gasteiger partial charge in [0.15, 0.2) is 0 Å². The van der Waals surface area contributed by atoms with E-state index in [0.717, 1.165) is 18.8 Å². The van der Waals surface area contributed by atoms with Gasteiger partial charge in [0.05, 0.1) is 6.10 Å². The normalized spacial score (nSPS) is 23.2. The highest BCUT2D eigenvalue weighted by molar-refractivity contribution is 4.75. The molecule has 2 heteroatoms. The maximum absolute atomic E-state index is 8.99. The van der Waals surface area contributed by atoms with Crippen LogP contribution in [0.3, 0.4) is 0 Å². The molecule has 0 aliphatic carbocycles. The van der Waals surface area contributed by atoms with Crippen LogP contribution in [0.15, 0.2) is 0 Å². The summed E-state index contributed by atoms with van der Waals surface area (Å²) < 4.78 is 0. The Kier molecular flexibility index (Phi) is 3.34. The molecule has 66 valence electrons. The van der Waals surface area contributed by atoms with Gasteiger partial charge >= 0.3 is 0 Å². The van der Waals surface area contributed by atoms with E-state index in [1.54, 1.807) is 0 Å². The highest BCUT2D eigenvalue weighted by Gasteiger charge is 2.21. The zero-order valence-corrected chi connectivity index (χ0v) is 7.58. The van der Waals surface area contributed by atoms with E-state index in [1.807, 2.05) is 6.92 Å². The second kappa shape index (κ2) is 4.07. The predicted molar refractivity (Wildman–Crippen MR) is 46.5 cm³/mol. The summed E-state index contributed by atoms with van der Waals surface area (Å²) in [6.07, 6.45) is 1.98. The van der Waals surface area contributed by atoms with Crippen LogP contribution in [0, 0.1) is 5.92 Å². The smallest absolute Gasteiger partial charge is 0.0512 e. The standard InChI is InChI=1S/C9H19NO/c1-8-6-10(7-8)5-3-4-9(2)11/h8-9,11H,3-7H2,1-2H3. The lowest BCUT2D eigenvalue weighted by molar-refractivity contribution is 0.101. The van der Waals surface area contributed by atoms with Crippen LogP contribution in [-0.2, 0) is 0 Å². The van der Waals surface area contributed by atoms with Crippen molar-refractivity contribution >= 4 is 0 Å². The first-order valence-corrected chi connectivity index (χ1v) is 4.59. The lowest BCUT2D eigenvalue weighted by Crippen LogP contribution is -2.45. The number of likely N-dealkylation sites (tertiary alicyclic amines) is 1. The lowest BCUT2D eigenvalue weighted by atomic mass is 10.0. The summed E-state index contributed by atoms with van der Waals surface area (Å²) in [6.45, 7) is 7.85. The molecule has 1 aliphatic rings. The second-order valence-corrected chi connectivity index (χ2v) is 3.86. The molecule has 0 aromatic carbocycles. The van der Waals surface area contributed by atoms with E-state index < -0.39 is 0 Å². The molecule has 0 amide bonds. The summed E-state index contributed by atoms with van der Waals surface area (Å²) in [4.78, 5) is 2.45. The van der Waals surface area contributed by atoms with Crippen LogP contribution in [0.25, 0.3) is 0 Å². The summed E-state index contributed by atoms with van der Waals surface area (Å²) in [5.74, 6) is 0.904. The van der Waals surface area contributed by atoms with Gasteiger partial charge in [-0.3, -0.25) is 0 Å². The van der Waals surface area contributed by atoms with Gasteiger partial charge in [0, 0.05) is 13.1 Å². The summed E-state index contributed by atoms with van der Waals surface area (Å²) >= 11 is 0. The molecule has 0 spiro atoms. The number of hydrogen-bond acceptors (Lipinski definition) is 2. The van der Waals surface area contributed by atoms with Crippen LogP contribution >= 0.6 is 0 Å². The third kappa shape index (κ3) is 3.21. The molecule has 1 heterocycles. The van der Waals surface area contributed by atoms with Crippen LogP contribution in [0.1, 0.15) is 26.7 Å². The fraction of sp³-hybridized carbons (Fsp3) is 1.00. The Hall–Kier alpha value is -0.0800. The Morgan fingerprint density at radius 1 is 1.55 bits per heavy atom. The molecule has 0 radical (unpaired) electrons. The van der Waals surface area contributed by atoms with Crippen molar-refractivity contribution in [2.24, 2.45) is 5.92 Å². The molecule has 0 bridgehead atoms. The van der Waals surface area contributed by atoms with Crippen molar-refractivity contribution in [2.45, 2.75) is 32.8 Å². The first-order chi connectivity index (χ1) is 5.18. The Bertz CT molecular complexity index is 108. The first kappa shape index (κ1) is 9.01. The van der Waals surface area contributed by atoms with Gasteiger partial charge in [-0.05, 0) is 32.2 Å². The van der Waals surface area contributed by atoms with E-state index in [4.69, 9.17) is 5.11 Å². The fourth-order valence-corrected chi connectivity index (χ4v) is 1.62. The summed E-state index contributed by atoms with van der Waals surface area (Å²) in [5, 5.41) is 8.99. The fourth-order valence-electron chi connectivity index (χ4n) is 1.62. The highest BCUT2D eigenvalue weighted by Crippen LogP contribution is 2.14. The second-order valence-electron chi connectivity index (χ2n) is 3.86. The molecular weight excluding hydrogens is 138 g/mol. The molecule has 1 fully saturated rings. The average molecular weight is 157 g/mol. The number of aliphatic hydroxyl groups excluding tert-OH is 1. The molecule has 1 saturated heterocycles. The number of nitrogens with zero attached hydrogens (tertiary/aromatic N) is 1. The molecule has 0 aromatic heterocycles. The van der Waals surface area contributed by atoms with E-state index in [2.05, 4.69) is 11.8 Å². The van der Waals surface area contributed by atoms with Crippen molar-refractivity contribution in [3.8, 4) is 0 Å². The third-order valence-corrected chi connectivity index (χ3v) is 2.24. The van der Waals surface area contributed by atoms with Crippen molar-refractivity contribution < 1.29 is 5.11 Å². The van der Waals surface area contributed by atoms with Crippen LogP contribution in [0.2, 0.25) is 0 Å². The van der Waals surface area contributed by atoms with Crippen LogP contribution in [-0.4, -0.2) is 35.7 Å². The average Bonchev–Trinajstić information content (AvgIpc) is 1.83.